The van der Waals surface area contributed by atoms with Crippen molar-refractivity contribution in [1.82, 2.24) is 19.9 Å². The smallest absolute Gasteiger partial charge is 0.303 e. The lowest BCUT2D eigenvalue weighted by Crippen LogP contribution is -2.24. The number of nitrogens with zero attached hydrogens (tertiary/aromatic N) is 4. The second kappa shape index (κ2) is 4.52. The minimum atomic E-state index is -0.865. The zero-order valence-corrected chi connectivity index (χ0v) is 9.54. The van der Waals surface area contributed by atoms with Gasteiger partial charge in [0.05, 0.1) is 12.1 Å². The van der Waals surface area contributed by atoms with Gasteiger partial charge in [-0.05, 0) is 6.42 Å². The van der Waals surface area contributed by atoms with E-state index in [0.717, 1.165) is 6.42 Å². The fourth-order valence-electron chi connectivity index (χ4n) is 1.86. The third kappa shape index (κ3) is 2.43. The molecule has 0 spiro atoms. The number of carboxylic acids is 1. The van der Waals surface area contributed by atoms with Gasteiger partial charge in [0, 0.05) is 26.2 Å². The van der Waals surface area contributed by atoms with Crippen LogP contribution in [0, 0.1) is 0 Å². The molecule has 1 aliphatic rings. The van der Waals surface area contributed by atoms with Crippen LogP contribution >= 0.6 is 0 Å². The Morgan fingerprint density at radius 1 is 1.65 bits per heavy atom. The summed E-state index contributed by atoms with van der Waals surface area (Å²) in [5.74, 6) is -0.837. The van der Waals surface area contributed by atoms with Gasteiger partial charge in [0.2, 0.25) is 5.91 Å². The van der Waals surface area contributed by atoms with Crippen LogP contribution in [0.15, 0.2) is 6.20 Å². The molecule has 1 unspecified atom stereocenters. The molecule has 1 saturated heterocycles. The van der Waals surface area contributed by atoms with Crippen LogP contribution in [-0.4, -0.2) is 50.5 Å². The molecule has 0 saturated carbocycles. The van der Waals surface area contributed by atoms with Crippen molar-refractivity contribution in [2.45, 2.75) is 25.3 Å². The van der Waals surface area contributed by atoms with Crippen molar-refractivity contribution in [3.8, 4) is 0 Å². The highest BCUT2D eigenvalue weighted by molar-refractivity contribution is 5.82. The minimum Gasteiger partial charge on any atom is -0.481 e. The molecule has 1 N–H and O–H groups in total. The summed E-state index contributed by atoms with van der Waals surface area (Å²) in [7, 11) is 1.75. The van der Waals surface area contributed by atoms with Crippen molar-refractivity contribution in [2.75, 3.05) is 13.6 Å². The molecule has 1 aromatic heterocycles. The number of carbonyl (C=O) groups excluding carboxylic acids is 1. The van der Waals surface area contributed by atoms with Crippen molar-refractivity contribution in [2.24, 2.45) is 0 Å². The Hall–Kier alpha value is -1.92. The Morgan fingerprint density at radius 3 is 3.00 bits per heavy atom. The van der Waals surface area contributed by atoms with Crippen LogP contribution in [-0.2, 0) is 16.0 Å². The van der Waals surface area contributed by atoms with Crippen LogP contribution in [0.4, 0.5) is 0 Å². The van der Waals surface area contributed by atoms with E-state index in [9.17, 15) is 9.59 Å². The molecule has 2 heterocycles. The standard InChI is InChI=1S/C10H14N4O3/c1-13-5-4-8(10(13)17)14-6-7(11-12-14)2-3-9(15)16/h6,8H,2-5H2,1H3,(H,15,16). The van der Waals surface area contributed by atoms with E-state index in [1.165, 1.54) is 4.68 Å². The van der Waals surface area contributed by atoms with Crippen molar-refractivity contribution < 1.29 is 14.7 Å². The van der Waals surface area contributed by atoms with Crippen molar-refractivity contribution in [3.05, 3.63) is 11.9 Å². The van der Waals surface area contributed by atoms with E-state index in [0.29, 0.717) is 18.7 Å². The van der Waals surface area contributed by atoms with E-state index in [1.54, 1.807) is 18.1 Å². The minimum absolute atomic E-state index is 0.0250. The molecule has 1 fully saturated rings. The van der Waals surface area contributed by atoms with Crippen molar-refractivity contribution in [3.63, 3.8) is 0 Å². The van der Waals surface area contributed by atoms with Crippen LogP contribution in [0.1, 0.15) is 24.6 Å². The molecule has 17 heavy (non-hydrogen) atoms. The van der Waals surface area contributed by atoms with E-state index in [-0.39, 0.29) is 18.4 Å². The Balaban J connectivity index is 2.03. The van der Waals surface area contributed by atoms with Crippen LogP contribution < -0.4 is 0 Å². The first kappa shape index (κ1) is 11.6. The second-order valence-electron chi connectivity index (χ2n) is 4.15. The maximum Gasteiger partial charge on any atom is 0.303 e. The highest BCUT2D eigenvalue weighted by Gasteiger charge is 2.31. The van der Waals surface area contributed by atoms with Crippen LogP contribution in [0.25, 0.3) is 0 Å². The first-order valence-electron chi connectivity index (χ1n) is 5.45. The normalized spacial score (nSPS) is 19.9. The summed E-state index contributed by atoms with van der Waals surface area (Å²) in [6.45, 7) is 0.716. The number of likely N-dealkylation sites (N-methyl/N-ethyl adjacent to an activating group) is 1. The summed E-state index contributed by atoms with van der Waals surface area (Å²) in [5.41, 5.74) is 0.606. The van der Waals surface area contributed by atoms with Crippen molar-refractivity contribution in [1.29, 1.82) is 0 Å². The molecule has 0 bridgehead atoms. The number of carboxylic acid groups (broad SMARTS) is 1. The first-order chi connectivity index (χ1) is 8.08. The van der Waals surface area contributed by atoms with Gasteiger partial charge in [-0.15, -0.1) is 5.10 Å². The fourth-order valence-corrected chi connectivity index (χ4v) is 1.86. The maximum absolute atomic E-state index is 11.7. The molecular formula is C10H14N4O3. The average Bonchev–Trinajstić information content (AvgIpc) is 2.85. The molecule has 1 aliphatic heterocycles. The summed E-state index contributed by atoms with van der Waals surface area (Å²) >= 11 is 0. The number of aromatic nitrogens is 3. The number of hydrogen-bond acceptors (Lipinski definition) is 4. The van der Waals surface area contributed by atoms with Gasteiger partial charge >= 0.3 is 5.97 Å². The van der Waals surface area contributed by atoms with Crippen LogP contribution in [0.5, 0.6) is 0 Å². The topological polar surface area (TPSA) is 88.3 Å². The number of carbonyl (C=O) groups is 2. The van der Waals surface area contributed by atoms with Crippen LogP contribution in [0.3, 0.4) is 0 Å². The molecule has 0 aromatic carbocycles. The van der Waals surface area contributed by atoms with E-state index < -0.39 is 5.97 Å². The Labute approximate surface area is 98.0 Å². The number of amides is 1. The molecule has 1 atom stereocenters. The number of rotatable bonds is 4. The molecule has 0 aliphatic carbocycles. The lowest BCUT2D eigenvalue weighted by Gasteiger charge is -2.09. The van der Waals surface area contributed by atoms with E-state index >= 15 is 0 Å². The molecular weight excluding hydrogens is 224 g/mol. The zero-order chi connectivity index (χ0) is 12.4. The van der Waals surface area contributed by atoms with Gasteiger partial charge < -0.3 is 10.0 Å². The summed E-state index contributed by atoms with van der Waals surface area (Å²) in [4.78, 5) is 23.8. The lowest BCUT2D eigenvalue weighted by molar-refractivity contribution is -0.137. The Bertz CT molecular complexity index is 443. The molecule has 7 nitrogen and oxygen atoms in total. The van der Waals surface area contributed by atoms with Gasteiger partial charge in [0.1, 0.15) is 6.04 Å². The summed E-state index contributed by atoms with van der Waals surface area (Å²) in [5, 5.41) is 16.3. The predicted molar refractivity (Wildman–Crippen MR) is 57.3 cm³/mol. The Morgan fingerprint density at radius 2 is 2.41 bits per heavy atom. The predicted octanol–water partition coefficient (Wildman–Crippen LogP) is -0.302. The number of aliphatic carboxylic acids is 1. The van der Waals surface area contributed by atoms with Gasteiger partial charge in [-0.2, -0.15) is 0 Å². The van der Waals surface area contributed by atoms with Gasteiger partial charge in [0.15, 0.2) is 0 Å². The zero-order valence-electron chi connectivity index (χ0n) is 9.54. The lowest BCUT2D eigenvalue weighted by atomic mass is 10.2. The summed E-state index contributed by atoms with van der Waals surface area (Å²) in [6, 6.07) is -0.286. The molecule has 0 radical (unpaired) electrons. The molecule has 92 valence electrons. The third-order valence-corrected chi connectivity index (χ3v) is 2.87. The van der Waals surface area contributed by atoms with Gasteiger partial charge in [-0.25, -0.2) is 4.68 Å². The first-order valence-corrected chi connectivity index (χ1v) is 5.45. The maximum atomic E-state index is 11.7. The van der Waals surface area contributed by atoms with Crippen LogP contribution in [0.2, 0.25) is 0 Å². The van der Waals surface area contributed by atoms with E-state index in [4.69, 9.17) is 5.11 Å². The highest BCUT2D eigenvalue weighted by Crippen LogP contribution is 2.20. The fraction of sp³-hybridized carbons (Fsp3) is 0.600. The Kier molecular flexibility index (Phi) is 3.08. The number of hydrogen-bond donors (Lipinski definition) is 1. The molecule has 1 amide bonds. The monoisotopic (exact) mass is 238 g/mol. The summed E-state index contributed by atoms with van der Waals surface area (Å²) < 4.78 is 1.53. The largest absolute Gasteiger partial charge is 0.481 e. The average molecular weight is 238 g/mol. The number of aryl methyl sites for hydroxylation is 1. The molecule has 7 heteroatoms. The molecule has 1 aromatic rings. The van der Waals surface area contributed by atoms with E-state index in [1.807, 2.05) is 0 Å². The second-order valence-corrected chi connectivity index (χ2v) is 4.15. The van der Waals surface area contributed by atoms with Gasteiger partial charge in [-0.1, -0.05) is 5.21 Å². The SMILES string of the molecule is CN1CCC(n2cc(CCC(=O)O)nn2)C1=O. The van der Waals surface area contributed by atoms with Gasteiger partial charge in [-0.3, -0.25) is 9.59 Å². The van der Waals surface area contributed by atoms with E-state index in [2.05, 4.69) is 10.3 Å². The molecule has 2 rings (SSSR count). The summed E-state index contributed by atoms with van der Waals surface area (Å²) in [6.07, 6.45) is 2.74. The highest BCUT2D eigenvalue weighted by atomic mass is 16.4. The van der Waals surface area contributed by atoms with Crippen molar-refractivity contribution >= 4 is 11.9 Å². The number of likely N-dealkylation sites (tertiary alicyclic amines) is 1. The third-order valence-electron chi connectivity index (χ3n) is 2.87. The quantitative estimate of drug-likeness (QED) is 0.777. The van der Waals surface area contributed by atoms with Gasteiger partial charge in [0.25, 0.3) is 0 Å².